The molecule has 0 aromatic carbocycles. The first-order chi connectivity index (χ1) is 1.41. The Morgan fingerprint density at radius 1 is 1.33 bits per heavy atom. The van der Waals surface area contributed by atoms with Crippen molar-refractivity contribution in [3.8, 4) is 0 Å². The van der Waals surface area contributed by atoms with E-state index < -0.39 is 0 Å². The monoisotopic (exact) mass is 171 g/mol. The second kappa shape index (κ2) is 23.8. The Kier molecular flexibility index (Phi) is 90.4. The minimum atomic E-state index is 0. The molecular formula is CClK2NS. The Morgan fingerprint density at radius 2 is 1.33 bits per heavy atom. The van der Waals surface area contributed by atoms with E-state index in [-0.39, 0.29) is 115 Å². The van der Waals surface area contributed by atoms with Crippen LogP contribution < -0.4 is 115 Å². The summed E-state index contributed by atoms with van der Waals surface area (Å²) in [5, 5.41) is 8.47. The molecule has 5 heteroatoms. The van der Waals surface area contributed by atoms with Gasteiger partial charge in [-0.25, -0.2) is 0 Å². The van der Waals surface area contributed by atoms with Crippen LogP contribution in [0, 0.1) is 0 Å². The van der Waals surface area contributed by atoms with Crippen LogP contribution in [0.1, 0.15) is 0 Å². The first kappa shape index (κ1) is 22.8. The van der Waals surface area contributed by atoms with Crippen LogP contribution in [0.4, 0.5) is 0 Å². The summed E-state index contributed by atoms with van der Waals surface area (Å²) >= 11 is 3.70. The quantitative estimate of drug-likeness (QED) is 0.202. The summed E-state index contributed by atoms with van der Waals surface area (Å²) in [6, 6.07) is 0. The number of hydrogen-bond acceptors (Lipinski definition) is 1. The Labute approximate surface area is 134 Å². The summed E-state index contributed by atoms with van der Waals surface area (Å²) in [4.78, 5) is 0. The zero-order valence-electron chi connectivity index (χ0n) is 3.73. The van der Waals surface area contributed by atoms with E-state index in [2.05, 4.69) is 12.2 Å². The van der Waals surface area contributed by atoms with Gasteiger partial charge in [0, 0.05) is 0 Å². The Hall–Kier alpha value is 3.36. The molecule has 0 radical (unpaired) electrons. The van der Waals surface area contributed by atoms with Crippen LogP contribution >= 0.6 is 12.2 Å². The first-order valence-electron chi connectivity index (χ1n) is 0.428. The van der Waals surface area contributed by atoms with Gasteiger partial charge < -0.3 is 17.8 Å². The molecule has 0 aliphatic heterocycles. The maximum Gasteiger partial charge on any atom is 1.00 e. The fraction of sp³-hybridized carbons (Fsp3) is 0. The van der Waals surface area contributed by atoms with Gasteiger partial charge in [-0.15, -0.1) is 0 Å². The van der Waals surface area contributed by atoms with Crippen molar-refractivity contribution < 1.29 is 115 Å². The minimum absolute atomic E-state index is 0. The van der Waals surface area contributed by atoms with E-state index in [0.717, 1.165) is 0 Å². The van der Waals surface area contributed by atoms with Gasteiger partial charge in [0.1, 0.15) is 0 Å². The van der Waals surface area contributed by atoms with Crippen molar-refractivity contribution >= 4 is 17.4 Å². The minimum Gasteiger partial charge on any atom is -1.00 e. The molecule has 0 spiro atoms. The van der Waals surface area contributed by atoms with Crippen LogP contribution in [0.3, 0.4) is 0 Å². The first-order valence-corrected chi connectivity index (χ1v) is 0.836. The third-order valence-electron chi connectivity index (χ3n) is 0. The molecule has 0 N–H and O–H groups in total. The molecule has 0 aromatic heterocycles. The Morgan fingerprint density at radius 3 is 1.33 bits per heavy atom. The molecule has 0 aliphatic rings. The van der Waals surface area contributed by atoms with Crippen LogP contribution in [0.25, 0.3) is 5.41 Å². The molecule has 24 valence electrons. The summed E-state index contributed by atoms with van der Waals surface area (Å²) in [7, 11) is 0. The molecule has 0 heterocycles. The number of nitrogens with zero attached hydrogens (tertiary/aromatic N) is 1. The normalized spacial score (nSPS) is 1.33. The molecule has 0 bridgehead atoms. The van der Waals surface area contributed by atoms with Crippen LogP contribution in [0.2, 0.25) is 0 Å². The van der Waals surface area contributed by atoms with E-state index in [1.165, 1.54) is 5.16 Å². The van der Waals surface area contributed by atoms with Crippen molar-refractivity contribution in [1.82, 2.24) is 0 Å². The fourth-order valence-corrected chi connectivity index (χ4v) is 0. The maximum atomic E-state index is 7.13. The molecule has 0 unspecified atom stereocenters. The van der Waals surface area contributed by atoms with Gasteiger partial charge in [-0.2, -0.15) is 5.16 Å². The maximum absolute atomic E-state index is 7.13. The predicted octanol–water partition coefficient (Wildman–Crippen LogP) is -8.33. The second-order valence-electron chi connectivity index (χ2n) is 0.0913. The summed E-state index contributed by atoms with van der Waals surface area (Å²) in [6.45, 7) is 0. The van der Waals surface area contributed by atoms with Gasteiger partial charge in [-0.05, 0) is 0 Å². The largest absolute Gasteiger partial charge is 1.00 e. The topological polar surface area (TPSA) is 22.3 Å². The number of isothiocyanates is 1. The van der Waals surface area contributed by atoms with Gasteiger partial charge in [-0.3, -0.25) is 0 Å². The average Bonchev–Trinajstić information content (AvgIpc) is 0.918. The smallest absolute Gasteiger partial charge is 1.00 e. The van der Waals surface area contributed by atoms with E-state index in [9.17, 15) is 0 Å². The van der Waals surface area contributed by atoms with E-state index >= 15 is 0 Å². The summed E-state index contributed by atoms with van der Waals surface area (Å²) in [5.74, 6) is 0. The van der Waals surface area contributed by atoms with E-state index in [0.29, 0.717) is 0 Å². The van der Waals surface area contributed by atoms with Gasteiger partial charge in [0.15, 0.2) is 0 Å². The molecule has 0 aromatic rings. The van der Waals surface area contributed by atoms with Crippen LogP contribution in [0.5, 0.6) is 0 Å². The predicted molar refractivity (Wildman–Crippen MR) is 16.0 cm³/mol. The van der Waals surface area contributed by atoms with Crippen LogP contribution in [-0.4, -0.2) is 5.16 Å². The molecule has 0 atom stereocenters. The van der Waals surface area contributed by atoms with E-state index in [1.54, 1.807) is 0 Å². The van der Waals surface area contributed by atoms with E-state index in [1.807, 2.05) is 0 Å². The SMILES string of the molecule is [Cl-].[K+].[K+].[N-]=C=S. The Balaban J connectivity index is -0.00000000667. The van der Waals surface area contributed by atoms with Crippen molar-refractivity contribution in [1.29, 1.82) is 0 Å². The number of halogens is 1. The molecular weight excluding hydrogens is 172 g/mol. The van der Waals surface area contributed by atoms with Crippen LogP contribution in [0.15, 0.2) is 0 Å². The molecule has 6 heavy (non-hydrogen) atoms. The van der Waals surface area contributed by atoms with Crippen molar-refractivity contribution in [3.63, 3.8) is 0 Å². The summed E-state index contributed by atoms with van der Waals surface area (Å²) in [5.41, 5.74) is 0. The van der Waals surface area contributed by atoms with Crippen molar-refractivity contribution in [2.45, 2.75) is 0 Å². The summed E-state index contributed by atoms with van der Waals surface area (Å²) in [6.07, 6.45) is 0. The van der Waals surface area contributed by atoms with Crippen molar-refractivity contribution in [3.05, 3.63) is 5.41 Å². The zero-order valence-corrected chi connectivity index (χ0v) is 11.6. The molecule has 0 amide bonds. The third kappa shape index (κ3) is 26.4. The van der Waals surface area contributed by atoms with Gasteiger partial charge in [0.05, 0.1) is 0 Å². The van der Waals surface area contributed by atoms with Gasteiger partial charge in [0.2, 0.25) is 0 Å². The molecule has 0 aliphatic carbocycles. The fourth-order valence-electron chi connectivity index (χ4n) is 0. The number of thiocarbonyl (C=S) groups is 1. The number of hydrogen-bond donors (Lipinski definition) is 0. The van der Waals surface area contributed by atoms with Crippen molar-refractivity contribution in [2.75, 3.05) is 0 Å². The standard InChI is InChI=1S/CNS.ClH.2K/c2-1-3;;;/h;1H;;/q-1;;2*+1/p-1. The van der Waals surface area contributed by atoms with Crippen LogP contribution in [-0.2, 0) is 0 Å². The van der Waals surface area contributed by atoms with Gasteiger partial charge in [0.25, 0.3) is 0 Å². The molecule has 0 rings (SSSR count). The second-order valence-corrected chi connectivity index (χ2v) is 0.274. The molecule has 0 fully saturated rings. The Bertz CT molecular complexity index is 34.5. The number of rotatable bonds is 0. The summed E-state index contributed by atoms with van der Waals surface area (Å²) < 4.78 is 0. The molecule has 1 nitrogen and oxygen atoms in total. The third-order valence-corrected chi connectivity index (χ3v) is 0. The van der Waals surface area contributed by atoms with E-state index in [4.69, 9.17) is 5.41 Å². The molecule has 0 saturated heterocycles. The molecule has 0 saturated carbocycles. The van der Waals surface area contributed by atoms with Crippen molar-refractivity contribution in [2.24, 2.45) is 0 Å². The zero-order chi connectivity index (χ0) is 2.71. The van der Waals surface area contributed by atoms with Gasteiger partial charge in [-0.1, -0.05) is 12.2 Å². The average molecular weight is 172 g/mol. The van der Waals surface area contributed by atoms with Gasteiger partial charge >= 0.3 is 103 Å².